The highest BCUT2D eigenvalue weighted by Gasteiger charge is 2.17. The van der Waals surface area contributed by atoms with E-state index in [2.05, 4.69) is 325 Å². The van der Waals surface area contributed by atoms with Crippen molar-refractivity contribution in [3.63, 3.8) is 0 Å². The van der Waals surface area contributed by atoms with E-state index >= 15 is 0 Å². The zero-order valence-corrected chi connectivity index (χ0v) is 43.9. The predicted octanol–water partition coefficient (Wildman–Crippen LogP) is 21.2. The Hall–Kier alpha value is -10.5. The molecular formula is C78H52N2. The largest absolute Gasteiger partial charge is 0.309 e. The third-order valence-electron chi connectivity index (χ3n) is 16.2. The average Bonchev–Trinajstić information content (AvgIpc) is 4.09. The van der Waals surface area contributed by atoms with Gasteiger partial charge >= 0.3 is 0 Å². The maximum Gasteiger partial charge on any atom is 0.0541 e. The number of rotatable bonds is 10. The van der Waals surface area contributed by atoms with Crippen LogP contribution in [0.1, 0.15) is 0 Å². The number of para-hydroxylation sites is 2. The molecule has 2 heteroatoms. The van der Waals surface area contributed by atoms with E-state index in [1.165, 1.54) is 133 Å². The molecule has 0 unspecified atom stereocenters. The molecule has 2 aromatic heterocycles. The van der Waals surface area contributed by atoms with Gasteiger partial charge < -0.3 is 9.13 Å². The van der Waals surface area contributed by atoms with Gasteiger partial charge in [0.1, 0.15) is 0 Å². The van der Waals surface area contributed by atoms with Gasteiger partial charge in [0.25, 0.3) is 0 Å². The SMILES string of the molecule is c1ccc(-c2ccc(-n3c4ccccc4c4cc(-c5ccc6c(c5)c5ccccc5n6-c5ccc(-c6ccc(-c7cccc(-c8cccc(-c9ccc(-c%10ccccc%10-c%10ccccc%10)cc9)c8)c7)cc6)cc5)ccc43)cc2)cc1. The van der Waals surface area contributed by atoms with Crippen molar-refractivity contribution in [1.82, 2.24) is 9.13 Å². The van der Waals surface area contributed by atoms with Crippen LogP contribution >= 0.6 is 0 Å². The Labute approximate surface area is 466 Å². The van der Waals surface area contributed by atoms with Gasteiger partial charge in [-0.2, -0.15) is 0 Å². The van der Waals surface area contributed by atoms with E-state index < -0.39 is 0 Å². The fourth-order valence-corrected chi connectivity index (χ4v) is 12.2. The summed E-state index contributed by atoms with van der Waals surface area (Å²) in [5.74, 6) is 0. The molecule has 374 valence electrons. The first-order valence-corrected chi connectivity index (χ1v) is 27.5. The topological polar surface area (TPSA) is 9.86 Å². The van der Waals surface area contributed by atoms with Crippen molar-refractivity contribution in [2.75, 3.05) is 0 Å². The molecule has 2 heterocycles. The summed E-state index contributed by atoms with van der Waals surface area (Å²) in [6.07, 6.45) is 0. The minimum atomic E-state index is 1.14. The zero-order valence-electron chi connectivity index (χ0n) is 43.9. The van der Waals surface area contributed by atoms with Crippen LogP contribution < -0.4 is 0 Å². The number of hydrogen-bond acceptors (Lipinski definition) is 0. The molecule has 0 N–H and O–H groups in total. The molecule has 0 fully saturated rings. The lowest BCUT2D eigenvalue weighted by Crippen LogP contribution is -1.94. The standard InChI is InChI=1S/C78H52N2/c1-3-15-53(16-4-1)55-37-43-67(44-38-55)79-75-27-11-9-25-71(75)73-51-65(41-47-77(73)79)66-42-48-78-74(52-66)72-26-10-12-28-76(72)80(78)68-45-39-56(40-46-68)54-29-31-57(32-30-54)61-19-13-21-63(49-61)64-22-14-20-62(50-64)58-33-35-60(36-34-58)70-24-8-7-23-69(70)59-17-5-2-6-18-59/h1-52H. The third kappa shape index (κ3) is 8.39. The lowest BCUT2D eigenvalue weighted by atomic mass is 9.92. The molecule has 15 rings (SSSR count). The van der Waals surface area contributed by atoms with Gasteiger partial charge in [0.05, 0.1) is 22.1 Å². The van der Waals surface area contributed by atoms with Gasteiger partial charge in [-0.15, -0.1) is 0 Å². The Kier molecular flexibility index (Phi) is 11.6. The molecule has 0 spiro atoms. The third-order valence-corrected chi connectivity index (χ3v) is 16.2. The van der Waals surface area contributed by atoms with Crippen LogP contribution in [0.2, 0.25) is 0 Å². The van der Waals surface area contributed by atoms with Crippen LogP contribution in [0.15, 0.2) is 315 Å². The highest BCUT2D eigenvalue weighted by atomic mass is 15.0. The normalized spacial score (nSPS) is 11.5. The Morgan fingerprint density at radius 2 is 0.412 bits per heavy atom. The molecule has 0 saturated heterocycles. The van der Waals surface area contributed by atoms with Gasteiger partial charge in [0, 0.05) is 32.9 Å². The van der Waals surface area contributed by atoms with Crippen molar-refractivity contribution in [3.8, 4) is 100 Å². The lowest BCUT2D eigenvalue weighted by Gasteiger charge is -2.12. The summed E-state index contributed by atoms with van der Waals surface area (Å²) in [7, 11) is 0. The summed E-state index contributed by atoms with van der Waals surface area (Å²) in [6.45, 7) is 0. The van der Waals surface area contributed by atoms with Crippen molar-refractivity contribution in [2.45, 2.75) is 0 Å². The van der Waals surface area contributed by atoms with Gasteiger partial charge in [-0.25, -0.2) is 0 Å². The molecule has 0 saturated carbocycles. The molecule has 0 aliphatic carbocycles. The summed E-state index contributed by atoms with van der Waals surface area (Å²) < 4.78 is 4.81. The van der Waals surface area contributed by atoms with Crippen molar-refractivity contribution >= 4 is 43.6 Å². The van der Waals surface area contributed by atoms with Crippen LogP contribution in [0.4, 0.5) is 0 Å². The molecule has 0 aliphatic heterocycles. The zero-order chi connectivity index (χ0) is 52.9. The number of benzene rings is 13. The first kappa shape index (κ1) is 46.7. The summed E-state index contributed by atoms with van der Waals surface area (Å²) in [6, 6.07) is 115. The van der Waals surface area contributed by atoms with Crippen molar-refractivity contribution in [2.24, 2.45) is 0 Å². The summed E-state index contributed by atoms with van der Waals surface area (Å²) in [5, 5.41) is 4.97. The molecule has 13 aromatic carbocycles. The van der Waals surface area contributed by atoms with Gasteiger partial charge in [0.2, 0.25) is 0 Å². The van der Waals surface area contributed by atoms with E-state index in [0.717, 1.165) is 11.4 Å². The van der Waals surface area contributed by atoms with Crippen LogP contribution in [-0.4, -0.2) is 9.13 Å². The van der Waals surface area contributed by atoms with Crippen molar-refractivity contribution in [3.05, 3.63) is 315 Å². The van der Waals surface area contributed by atoms with E-state index in [-0.39, 0.29) is 0 Å². The second-order valence-corrected chi connectivity index (χ2v) is 20.9. The number of hydrogen-bond donors (Lipinski definition) is 0. The van der Waals surface area contributed by atoms with Gasteiger partial charge in [0.15, 0.2) is 0 Å². The maximum atomic E-state index is 2.41. The van der Waals surface area contributed by atoms with Crippen molar-refractivity contribution in [1.29, 1.82) is 0 Å². The van der Waals surface area contributed by atoms with Crippen LogP contribution in [-0.2, 0) is 0 Å². The fraction of sp³-hybridized carbons (Fsp3) is 0. The van der Waals surface area contributed by atoms with E-state index in [0.29, 0.717) is 0 Å². The first-order valence-electron chi connectivity index (χ1n) is 27.5. The van der Waals surface area contributed by atoms with E-state index in [1.54, 1.807) is 0 Å². The summed E-state index contributed by atoms with van der Waals surface area (Å²) in [4.78, 5) is 0. The molecule has 0 atom stereocenters. The van der Waals surface area contributed by atoms with Crippen LogP contribution in [0.25, 0.3) is 144 Å². The van der Waals surface area contributed by atoms with Crippen LogP contribution in [0.3, 0.4) is 0 Å². The van der Waals surface area contributed by atoms with Crippen molar-refractivity contribution < 1.29 is 0 Å². The van der Waals surface area contributed by atoms with E-state index in [9.17, 15) is 0 Å². The fourth-order valence-electron chi connectivity index (χ4n) is 12.2. The molecular weight excluding hydrogens is 965 g/mol. The first-order chi connectivity index (χ1) is 39.6. The quantitative estimate of drug-likeness (QED) is 0.129. The van der Waals surface area contributed by atoms with E-state index in [4.69, 9.17) is 0 Å². The molecule has 0 radical (unpaired) electrons. The number of aromatic nitrogens is 2. The highest BCUT2D eigenvalue weighted by Crippen LogP contribution is 2.40. The van der Waals surface area contributed by atoms with Crippen LogP contribution in [0, 0.1) is 0 Å². The molecule has 0 amide bonds. The molecule has 0 bridgehead atoms. The Morgan fingerprint density at radius 3 is 0.850 bits per heavy atom. The smallest absolute Gasteiger partial charge is 0.0541 e. The highest BCUT2D eigenvalue weighted by molar-refractivity contribution is 6.13. The maximum absolute atomic E-state index is 2.41. The second kappa shape index (κ2) is 19.8. The lowest BCUT2D eigenvalue weighted by molar-refractivity contribution is 1.18. The van der Waals surface area contributed by atoms with Crippen LogP contribution in [0.5, 0.6) is 0 Å². The van der Waals surface area contributed by atoms with Gasteiger partial charge in [-0.05, 0) is 162 Å². The Bertz CT molecular complexity index is 4760. The predicted molar refractivity (Wildman–Crippen MR) is 339 cm³/mol. The van der Waals surface area contributed by atoms with Gasteiger partial charge in [-0.1, -0.05) is 243 Å². The molecule has 2 nitrogen and oxygen atoms in total. The second-order valence-electron chi connectivity index (χ2n) is 20.9. The molecule has 80 heavy (non-hydrogen) atoms. The number of fused-ring (bicyclic) bond motifs is 6. The minimum absolute atomic E-state index is 1.14. The average molecular weight is 1020 g/mol. The van der Waals surface area contributed by atoms with E-state index in [1.807, 2.05) is 0 Å². The Morgan fingerprint density at radius 1 is 0.150 bits per heavy atom. The summed E-state index contributed by atoms with van der Waals surface area (Å²) >= 11 is 0. The summed E-state index contributed by atoms with van der Waals surface area (Å²) in [5.41, 5.74) is 26.4. The monoisotopic (exact) mass is 1020 g/mol. The minimum Gasteiger partial charge on any atom is -0.309 e. The Balaban J connectivity index is 0.681. The number of nitrogens with zero attached hydrogens (tertiary/aromatic N) is 2. The molecule has 15 aromatic rings. The molecule has 0 aliphatic rings. The van der Waals surface area contributed by atoms with Gasteiger partial charge in [-0.3, -0.25) is 0 Å².